The molecule has 0 spiro atoms. The number of methoxy groups -OCH3 is 1. The number of amides is 1. The van der Waals surface area contributed by atoms with Gasteiger partial charge in [-0.1, -0.05) is 19.1 Å². The molecule has 0 aliphatic carbocycles. The standard InChI is InChI=1S/C20H20N2O6S/c1-13-9-10-21(15-5-3-4-6-18(15)29-13)19(23)12-28-17-8-7-14(20(24)27-2)11-16(17)22(25)26/h3-8,11,13H,9-10,12H2,1-2H3/t13-/m0/s1. The predicted molar refractivity (Wildman–Crippen MR) is 109 cm³/mol. The lowest BCUT2D eigenvalue weighted by Crippen LogP contribution is -2.36. The molecule has 29 heavy (non-hydrogen) atoms. The smallest absolute Gasteiger partial charge is 0.338 e. The molecule has 1 atom stereocenters. The minimum absolute atomic E-state index is 0.0327. The van der Waals surface area contributed by atoms with Crippen molar-refractivity contribution in [3.8, 4) is 5.75 Å². The summed E-state index contributed by atoms with van der Waals surface area (Å²) in [4.78, 5) is 37.8. The van der Waals surface area contributed by atoms with Crippen LogP contribution < -0.4 is 9.64 Å². The van der Waals surface area contributed by atoms with Crippen molar-refractivity contribution in [2.24, 2.45) is 0 Å². The largest absolute Gasteiger partial charge is 0.477 e. The van der Waals surface area contributed by atoms with E-state index < -0.39 is 16.6 Å². The van der Waals surface area contributed by atoms with Crippen LogP contribution in [0.5, 0.6) is 5.75 Å². The first-order valence-electron chi connectivity index (χ1n) is 8.96. The third-order valence-corrected chi connectivity index (χ3v) is 5.71. The number of rotatable bonds is 5. The first kappa shape index (κ1) is 20.7. The van der Waals surface area contributed by atoms with Crippen molar-refractivity contribution in [3.05, 3.63) is 58.1 Å². The molecule has 2 aromatic rings. The number of benzene rings is 2. The third-order valence-electron chi connectivity index (χ3n) is 4.47. The molecule has 3 rings (SSSR count). The monoisotopic (exact) mass is 416 g/mol. The summed E-state index contributed by atoms with van der Waals surface area (Å²) in [5, 5.41) is 11.7. The summed E-state index contributed by atoms with van der Waals surface area (Å²) in [6, 6.07) is 11.4. The molecule has 0 aromatic heterocycles. The van der Waals surface area contributed by atoms with Crippen molar-refractivity contribution in [2.45, 2.75) is 23.5 Å². The SMILES string of the molecule is COC(=O)c1ccc(OCC(=O)N2CC[C@H](C)Sc3ccccc32)c([N+](=O)[O-])c1. The lowest BCUT2D eigenvalue weighted by atomic mass is 10.2. The van der Waals surface area contributed by atoms with Crippen LogP contribution in [0.2, 0.25) is 0 Å². The Bertz CT molecular complexity index is 948. The Morgan fingerprint density at radius 3 is 2.76 bits per heavy atom. The van der Waals surface area contributed by atoms with Gasteiger partial charge < -0.3 is 14.4 Å². The highest BCUT2D eigenvalue weighted by Crippen LogP contribution is 2.37. The molecule has 0 radical (unpaired) electrons. The molecule has 0 unspecified atom stereocenters. The summed E-state index contributed by atoms with van der Waals surface area (Å²) in [5.41, 5.74) is 0.442. The van der Waals surface area contributed by atoms with Crippen LogP contribution in [0.3, 0.4) is 0 Å². The van der Waals surface area contributed by atoms with Gasteiger partial charge in [0.15, 0.2) is 12.4 Å². The second-order valence-corrected chi connectivity index (χ2v) is 7.93. The highest BCUT2D eigenvalue weighted by atomic mass is 32.2. The van der Waals surface area contributed by atoms with Crippen molar-refractivity contribution in [2.75, 3.05) is 25.2 Å². The molecule has 0 saturated heterocycles. The fraction of sp³-hybridized carbons (Fsp3) is 0.300. The molecule has 0 N–H and O–H groups in total. The number of hydrogen-bond acceptors (Lipinski definition) is 7. The molecule has 8 nitrogen and oxygen atoms in total. The first-order valence-corrected chi connectivity index (χ1v) is 9.84. The summed E-state index contributed by atoms with van der Waals surface area (Å²) in [6.07, 6.45) is 0.819. The molecule has 152 valence electrons. The Morgan fingerprint density at radius 1 is 1.28 bits per heavy atom. The van der Waals surface area contributed by atoms with E-state index in [1.807, 2.05) is 24.3 Å². The number of esters is 1. The number of anilines is 1. The van der Waals surface area contributed by atoms with Crippen LogP contribution in [-0.4, -0.2) is 42.3 Å². The van der Waals surface area contributed by atoms with E-state index in [4.69, 9.17) is 4.74 Å². The minimum Gasteiger partial charge on any atom is -0.477 e. The average Bonchev–Trinajstić information content (AvgIpc) is 2.89. The molecule has 1 aliphatic heterocycles. The Balaban J connectivity index is 1.79. The number of para-hydroxylation sites is 1. The molecule has 1 amide bonds. The van der Waals surface area contributed by atoms with E-state index in [1.54, 1.807) is 16.7 Å². The molecule has 0 saturated carbocycles. The summed E-state index contributed by atoms with van der Waals surface area (Å²) in [7, 11) is 1.19. The zero-order valence-corrected chi connectivity index (χ0v) is 16.8. The minimum atomic E-state index is -0.691. The summed E-state index contributed by atoms with van der Waals surface area (Å²) >= 11 is 1.71. The topological polar surface area (TPSA) is 99.0 Å². The summed E-state index contributed by atoms with van der Waals surface area (Å²) in [5.74, 6) is -1.07. The maximum atomic E-state index is 12.8. The summed E-state index contributed by atoms with van der Waals surface area (Å²) < 4.78 is 10.0. The zero-order chi connectivity index (χ0) is 21.0. The number of nitro benzene ring substituents is 1. The van der Waals surface area contributed by atoms with Gasteiger partial charge in [-0.25, -0.2) is 4.79 Å². The predicted octanol–water partition coefficient (Wildman–Crippen LogP) is 3.68. The summed E-state index contributed by atoms with van der Waals surface area (Å²) in [6.45, 7) is 2.29. The van der Waals surface area contributed by atoms with Crippen molar-refractivity contribution < 1.29 is 24.0 Å². The van der Waals surface area contributed by atoms with Gasteiger partial charge in [0.2, 0.25) is 0 Å². The van der Waals surface area contributed by atoms with Crippen molar-refractivity contribution in [1.82, 2.24) is 0 Å². The lowest BCUT2D eigenvalue weighted by molar-refractivity contribution is -0.385. The molecule has 1 heterocycles. The van der Waals surface area contributed by atoms with E-state index in [1.165, 1.54) is 19.2 Å². The Morgan fingerprint density at radius 2 is 2.03 bits per heavy atom. The average molecular weight is 416 g/mol. The van der Waals surface area contributed by atoms with Gasteiger partial charge in [0.05, 0.1) is 23.3 Å². The molecular formula is C20H20N2O6S. The lowest BCUT2D eigenvalue weighted by Gasteiger charge is -2.22. The first-order chi connectivity index (χ1) is 13.9. The maximum Gasteiger partial charge on any atom is 0.338 e. The Labute approximate surface area is 171 Å². The van der Waals surface area contributed by atoms with E-state index in [9.17, 15) is 19.7 Å². The number of thioether (sulfide) groups is 1. The fourth-order valence-electron chi connectivity index (χ4n) is 2.99. The van der Waals surface area contributed by atoms with Gasteiger partial charge in [-0.2, -0.15) is 0 Å². The van der Waals surface area contributed by atoms with Crippen LogP contribution in [0.15, 0.2) is 47.4 Å². The Kier molecular flexibility index (Phi) is 6.38. The molecule has 2 aromatic carbocycles. The van der Waals surface area contributed by atoms with Crippen molar-refractivity contribution in [3.63, 3.8) is 0 Å². The number of hydrogen-bond donors (Lipinski definition) is 0. The van der Waals surface area contributed by atoms with Crippen LogP contribution in [0, 0.1) is 10.1 Å². The van der Waals surface area contributed by atoms with Gasteiger partial charge in [-0.3, -0.25) is 14.9 Å². The van der Waals surface area contributed by atoms with Gasteiger partial charge >= 0.3 is 11.7 Å². The van der Waals surface area contributed by atoms with Crippen LogP contribution in [-0.2, 0) is 9.53 Å². The third kappa shape index (κ3) is 4.68. The highest BCUT2D eigenvalue weighted by Gasteiger charge is 2.26. The van der Waals surface area contributed by atoms with Crippen molar-refractivity contribution >= 4 is 35.0 Å². The maximum absolute atomic E-state index is 12.8. The molecule has 1 aliphatic rings. The number of nitrogens with zero attached hydrogens (tertiary/aromatic N) is 2. The van der Waals surface area contributed by atoms with Crippen LogP contribution in [0.1, 0.15) is 23.7 Å². The number of nitro groups is 1. The molecule has 0 fully saturated rings. The second-order valence-electron chi connectivity index (χ2n) is 6.45. The van der Waals surface area contributed by atoms with Gasteiger partial charge in [0.25, 0.3) is 5.91 Å². The second kappa shape index (κ2) is 8.95. The molecule has 9 heteroatoms. The number of fused-ring (bicyclic) bond motifs is 1. The van der Waals surface area contributed by atoms with Gasteiger partial charge in [-0.05, 0) is 30.7 Å². The van der Waals surface area contributed by atoms with Crippen LogP contribution in [0.4, 0.5) is 11.4 Å². The van der Waals surface area contributed by atoms with Crippen molar-refractivity contribution in [1.29, 1.82) is 0 Å². The van der Waals surface area contributed by atoms with E-state index >= 15 is 0 Å². The van der Waals surface area contributed by atoms with Crippen LogP contribution >= 0.6 is 11.8 Å². The number of carbonyl (C=O) groups excluding carboxylic acids is 2. The molecule has 0 bridgehead atoms. The number of ether oxygens (including phenoxy) is 2. The fourth-order valence-corrected chi connectivity index (χ4v) is 4.10. The van der Waals surface area contributed by atoms with Crippen LogP contribution in [0.25, 0.3) is 0 Å². The van der Waals surface area contributed by atoms with E-state index in [0.717, 1.165) is 23.1 Å². The van der Waals surface area contributed by atoms with Gasteiger partial charge in [0, 0.05) is 22.8 Å². The molecular weight excluding hydrogens is 396 g/mol. The quantitative estimate of drug-likeness (QED) is 0.416. The highest BCUT2D eigenvalue weighted by molar-refractivity contribution is 8.00. The number of carbonyl (C=O) groups is 2. The van der Waals surface area contributed by atoms with E-state index in [2.05, 4.69) is 11.7 Å². The zero-order valence-electron chi connectivity index (χ0n) is 16.0. The Hall–Kier alpha value is -3.07. The van der Waals surface area contributed by atoms with Gasteiger partial charge in [0.1, 0.15) is 0 Å². The van der Waals surface area contributed by atoms with Gasteiger partial charge in [-0.15, -0.1) is 11.8 Å². The normalized spacial score (nSPS) is 15.8. The van der Waals surface area contributed by atoms with E-state index in [0.29, 0.717) is 11.8 Å². The van der Waals surface area contributed by atoms with E-state index in [-0.39, 0.29) is 23.8 Å².